The van der Waals surface area contributed by atoms with Gasteiger partial charge in [0.25, 0.3) is 0 Å². The van der Waals surface area contributed by atoms with Crippen molar-refractivity contribution in [2.45, 2.75) is 26.3 Å². The van der Waals surface area contributed by atoms with Crippen molar-refractivity contribution in [2.75, 3.05) is 13.7 Å². The smallest absolute Gasteiger partial charge is 0.307 e. The Morgan fingerprint density at radius 1 is 1.22 bits per heavy atom. The number of benzene rings is 2. The zero-order chi connectivity index (χ0) is 16.8. The molecule has 2 aromatic carbocycles. The van der Waals surface area contributed by atoms with Crippen molar-refractivity contribution < 1.29 is 14.3 Å². The molecule has 0 fully saturated rings. The van der Waals surface area contributed by atoms with Crippen LogP contribution >= 0.6 is 0 Å². The van der Waals surface area contributed by atoms with E-state index in [1.807, 2.05) is 30.3 Å². The summed E-state index contributed by atoms with van der Waals surface area (Å²) in [7, 11) is 1.62. The van der Waals surface area contributed by atoms with E-state index in [9.17, 15) is 4.79 Å². The molecule has 0 radical (unpaired) electrons. The van der Waals surface area contributed by atoms with Gasteiger partial charge in [-0.3, -0.25) is 4.79 Å². The number of hydrogen-bond donors (Lipinski definition) is 1. The van der Waals surface area contributed by atoms with Crippen molar-refractivity contribution in [3.05, 3.63) is 53.6 Å². The molecule has 23 heavy (non-hydrogen) atoms. The minimum Gasteiger partial charge on any atom is -0.497 e. The highest BCUT2D eigenvalue weighted by Gasteiger charge is 2.15. The molecular formula is C19H23NO3. The normalized spacial score (nSPS) is 11.8. The maximum atomic E-state index is 11.7. The third-order valence-corrected chi connectivity index (χ3v) is 3.74. The van der Waals surface area contributed by atoms with Gasteiger partial charge in [0.2, 0.25) is 0 Å². The summed E-state index contributed by atoms with van der Waals surface area (Å²) in [5, 5.41) is 0. The van der Waals surface area contributed by atoms with Crippen LogP contribution in [-0.4, -0.2) is 19.7 Å². The summed E-state index contributed by atoms with van der Waals surface area (Å²) in [5.41, 5.74) is 10.4. The largest absolute Gasteiger partial charge is 0.497 e. The summed E-state index contributed by atoms with van der Waals surface area (Å²) in [5.74, 6) is 0.431. The zero-order valence-corrected chi connectivity index (χ0v) is 13.8. The van der Waals surface area contributed by atoms with Crippen molar-refractivity contribution >= 4 is 5.97 Å². The minimum atomic E-state index is -0.424. The van der Waals surface area contributed by atoms with Crippen LogP contribution in [0.5, 0.6) is 5.75 Å². The van der Waals surface area contributed by atoms with Gasteiger partial charge in [-0.05, 0) is 54.3 Å². The van der Waals surface area contributed by atoms with Gasteiger partial charge >= 0.3 is 5.97 Å². The average Bonchev–Trinajstić information content (AvgIpc) is 2.55. The molecule has 0 saturated heterocycles. The molecule has 122 valence electrons. The van der Waals surface area contributed by atoms with Crippen LogP contribution in [0.4, 0.5) is 0 Å². The van der Waals surface area contributed by atoms with Crippen LogP contribution in [0.1, 0.15) is 30.5 Å². The molecule has 1 atom stereocenters. The van der Waals surface area contributed by atoms with E-state index in [-0.39, 0.29) is 12.4 Å². The lowest BCUT2D eigenvalue weighted by atomic mass is 9.95. The SMILES string of the molecule is CCOC(=O)CC(N)c1cc(OC)cc(-c2ccccc2C)c1. The highest BCUT2D eigenvalue weighted by atomic mass is 16.5. The lowest BCUT2D eigenvalue weighted by Crippen LogP contribution is -2.17. The van der Waals surface area contributed by atoms with Gasteiger partial charge in [0.15, 0.2) is 0 Å². The fraction of sp³-hybridized carbons (Fsp3) is 0.316. The first-order chi connectivity index (χ1) is 11.0. The van der Waals surface area contributed by atoms with E-state index in [0.29, 0.717) is 6.61 Å². The molecule has 2 N–H and O–H groups in total. The van der Waals surface area contributed by atoms with Gasteiger partial charge in [0.1, 0.15) is 5.75 Å². The van der Waals surface area contributed by atoms with Crippen molar-refractivity contribution in [1.82, 2.24) is 0 Å². The average molecular weight is 313 g/mol. The van der Waals surface area contributed by atoms with Crippen LogP contribution in [0.15, 0.2) is 42.5 Å². The Balaban J connectivity index is 2.36. The molecule has 1 unspecified atom stereocenters. The topological polar surface area (TPSA) is 61.5 Å². The summed E-state index contributed by atoms with van der Waals surface area (Å²) in [6.07, 6.45) is 0.147. The minimum absolute atomic E-state index is 0.147. The lowest BCUT2D eigenvalue weighted by Gasteiger charge is -2.15. The third kappa shape index (κ3) is 4.33. The number of rotatable bonds is 6. The van der Waals surface area contributed by atoms with E-state index in [0.717, 1.165) is 22.4 Å². The van der Waals surface area contributed by atoms with E-state index >= 15 is 0 Å². The van der Waals surface area contributed by atoms with Crippen molar-refractivity contribution in [1.29, 1.82) is 0 Å². The highest BCUT2D eigenvalue weighted by molar-refractivity contribution is 5.72. The molecule has 0 aliphatic heterocycles. The molecule has 0 bridgehead atoms. The molecular weight excluding hydrogens is 290 g/mol. The standard InChI is InChI=1S/C19H23NO3/c1-4-23-19(21)12-18(20)15-9-14(10-16(11-15)22-3)17-8-6-5-7-13(17)2/h5-11,18H,4,12,20H2,1-3H3. The van der Waals surface area contributed by atoms with E-state index in [4.69, 9.17) is 15.2 Å². The van der Waals surface area contributed by atoms with Gasteiger partial charge in [0.05, 0.1) is 20.1 Å². The molecule has 0 aliphatic rings. The molecule has 4 heteroatoms. The maximum Gasteiger partial charge on any atom is 0.307 e. The number of aryl methyl sites for hydroxylation is 1. The predicted molar refractivity (Wildman–Crippen MR) is 91.3 cm³/mol. The van der Waals surface area contributed by atoms with E-state index < -0.39 is 6.04 Å². The van der Waals surface area contributed by atoms with E-state index in [2.05, 4.69) is 19.1 Å². The fourth-order valence-electron chi connectivity index (χ4n) is 2.52. The second-order valence-corrected chi connectivity index (χ2v) is 5.43. The number of nitrogens with two attached hydrogens (primary N) is 1. The number of hydrogen-bond acceptors (Lipinski definition) is 4. The quantitative estimate of drug-likeness (QED) is 0.827. The van der Waals surface area contributed by atoms with Gasteiger partial charge < -0.3 is 15.2 Å². The second-order valence-electron chi connectivity index (χ2n) is 5.43. The molecule has 2 rings (SSSR count). The van der Waals surface area contributed by atoms with Gasteiger partial charge in [-0.25, -0.2) is 0 Å². The van der Waals surface area contributed by atoms with Gasteiger partial charge in [-0.2, -0.15) is 0 Å². The molecule has 0 saturated carbocycles. The van der Waals surface area contributed by atoms with Crippen molar-refractivity contribution in [3.63, 3.8) is 0 Å². The summed E-state index contributed by atoms with van der Waals surface area (Å²) in [6.45, 7) is 4.20. The number of ether oxygens (including phenoxy) is 2. The first-order valence-corrected chi connectivity index (χ1v) is 7.71. The lowest BCUT2D eigenvalue weighted by molar-refractivity contribution is -0.143. The van der Waals surface area contributed by atoms with E-state index in [1.54, 1.807) is 14.0 Å². The molecule has 0 amide bonds. The molecule has 0 spiro atoms. The zero-order valence-electron chi connectivity index (χ0n) is 13.8. The van der Waals surface area contributed by atoms with Gasteiger partial charge in [-0.15, -0.1) is 0 Å². The number of methoxy groups -OCH3 is 1. The summed E-state index contributed by atoms with van der Waals surface area (Å²) in [6, 6.07) is 13.6. The Bertz CT molecular complexity index is 682. The first kappa shape index (κ1) is 17.0. The monoisotopic (exact) mass is 313 g/mol. The second kappa shape index (κ2) is 7.79. The van der Waals surface area contributed by atoms with Crippen molar-refractivity contribution in [2.24, 2.45) is 5.73 Å². The van der Waals surface area contributed by atoms with Crippen LogP contribution in [-0.2, 0) is 9.53 Å². The molecule has 4 nitrogen and oxygen atoms in total. The van der Waals surface area contributed by atoms with Gasteiger partial charge in [0, 0.05) is 6.04 Å². The molecule has 2 aromatic rings. The van der Waals surface area contributed by atoms with Crippen LogP contribution in [0.25, 0.3) is 11.1 Å². The van der Waals surface area contributed by atoms with Crippen molar-refractivity contribution in [3.8, 4) is 16.9 Å². The Morgan fingerprint density at radius 2 is 1.96 bits per heavy atom. The first-order valence-electron chi connectivity index (χ1n) is 7.71. The number of esters is 1. The van der Waals surface area contributed by atoms with Gasteiger partial charge in [-0.1, -0.05) is 24.3 Å². The summed E-state index contributed by atoms with van der Waals surface area (Å²) >= 11 is 0. The van der Waals surface area contributed by atoms with Crippen LogP contribution < -0.4 is 10.5 Å². The molecule has 0 aromatic heterocycles. The molecule has 0 aliphatic carbocycles. The third-order valence-electron chi connectivity index (χ3n) is 3.74. The Morgan fingerprint density at radius 3 is 2.61 bits per heavy atom. The Kier molecular flexibility index (Phi) is 5.77. The summed E-state index contributed by atoms with van der Waals surface area (Å²) < 4.78 is 10.4. The van der Waals surface area contributed by atoms with E-state index in [1.165, 1.54) is 5.56 Å². The van der Waals surface area contributed by atoms with Crippen LogP contribution in [0, 0.1) is 6.92 Å². The fourth-order valence-corrected chi connectivity index (χ4v) is 2.52. The number of carbonyl (C=O) groups is 1. The summed E-state index contributed by atoms with van der Waals surface area (Å²) in [4.78, 5) is 11.7. The molecule has 0 heterocycles. The van der Waals surface area contributed by atoms with Crippen LogP contribution in [0.3, 0.4) is 0 Å². The predicted octanol–water partition coefficient (Wildman–Crippen LogP) is 3.62. The van der Waals surface area contributed by atoms with Crippen LogP contribution in [0.2, 0.25) is 0 Å². The Hall–Kier alpha value is -2.33. The highest BCUT2D eigenvalue weighted by Crippen LogP contribution is 2.31. The number of carbonyl (C=O) groups excluding carboxylic acids is 1. The maximum absolute atomic E-state index is 11.7. The Labute approximate surface area is 137 Å².